The molecule has 0 unspecified atom stereocenters. The molecule has 2 aromatic carbocycles. The van der Waals surface area contributed by atoms with Gasteiger partial charge >= 0.3 is 0 Å². The van der Waals surface area contributed by atoms with E-state index in [0.29, 0.717) is 20.6 Å². The van der Waals surface area contributed by atoms with Gasteiger partial charge in [0.05, 0.1) is 20.5 Å². The van der Waals surface area contributed by atoms with Crippen LogP contribution in [0, 0.1) is 17.0 Å². The number of nitro groups is 1. The molecule has 0 amide bonds. The summed E-state index contributed by atoms with van der Waals surface area (Å²) in [6.45, 7) is 1.69. The predicted molar refractivity (Wildman–Crippen MR) is 93.5 cm³/mol. The average molecular weight is 337 g/mol. The van der Waals surface area contributed by atoms with Crippen molar-refractivity contribution in [2.45, 2.75) is 6.92 Å². The summed E-state index contributed by atoms with van der Waals surface area (Å²) in [5, 5.41) is 11.1. The van der Waals surface area contributed by atoms with Crippen molar-refractivity contribution >= 4 is 39.1 Å². The molecule has 0 fully saturated rings. The van der Waals surface area contributed by atoms with Crippen LogP contribution in [-0.4, -0.2) is 14.3 Å². The van der Waals surface area contributed by atoms with E-state index in [1.165, 1.54) is 17.4 Å². The van der Waals surface area contributed by atoms with Crippen molar-refractivity contribution in [1.82, 2.24) is 9.38 Å². The lowest BCUT2D eigenvalue weighted by Crippen LogP contribution is -2.22. The fourth-order valence-electron chi connectivity index (χ4n) is 2.68. The van der Waals surface area contributed by atoms with E-state index in [2.05, 4.69) is 4.98 Å². The van der Waals surface area contributed by atoms with Gasteiger partial charge in [-0.3, -0.25) is 14.9 Å². The topological polar surface area (TPSA) is 77.5 Å². The Bertz CT molecular complexity index is 1220. The van der Waals surface area contributed by atoms with Crippen molar-refractivity contribution in [2.24, 2.45) is 0 Å². The van der Waals surface area contributed by atoms with Crippen LogP contribution in [0.4, 0.5) is 5.69 Å². The minimum atomic E-state index is -0.417. The number of para-hydroxylation sites is 2. The standard InChI is InChI=1S/C17H11N3O3S/c1-10-6-7-11(8-14(10)20(22)23)9-15-16(21)19-13-5-3-2-4-12(13)18-17(19)24-15/h2-9H,1H3. The van der Waals surface area contributed by atoms with E-state index in [1.807, 2.05) is 24.3 Å². The Kier molecular flexibility index (Phi) is 3.17. The van der Waals surface area contributed by atoms with Gasteiger partial charge in [-0.2, -0.15) is 0 Å². The van der Waals surface area contributed by atoms with Gasteiger partial charge in [0.15, 0.2) is 4.96 Å². The molecule has 0 aliphatic rings. The molecule has 7 heteroatoms. The summed E-state index contributed by atoms with van der Waals surface area (Å²) in [7, 11) is 0. The van der Waals surface area contributed by atoms with E-state index in [1.54, 1.807) is 29.5 Å². The molecule has 0 bridgehead atoms. The van der Waals surface area contributed by atoms with Gasteiger partial charge in [-0.1, -0.05) is 35.6 Å². The summed E-state index contributed by atoms with van der Waals surface area (Å²) < 4.78 is 2.08. The third-order valence-electron chi connectivity index (χ3n) is 3.87. The molecule has 0 N–H and O–H groups in total. The van der Waals surface area contributed by atoms with E-state index in [9.17, 15) is 14.9 Å². The van der Waals surface area contributed by atoms with Gasteiger partial charge in [-0.05, 0) is 30.7 Å². The highest BCUT2D eigenvalue weighted by Gasteiger charge is 2.12. The van der Waals surface area contributed by atoms with Crippen LogP contribution in [0.1, 0.15) is 11.1 Å². The van der Waals surface area contributed by atoms with Crippen molar-refractivity contribution in [3.63, 3.8) is 0 Å². The quantitative estimate of drug-likeness (QED) is 0.416. The molecule has 0 aliphatic carbocycles. The second-order valence-corrected chi connectivity index (χ2v) is 6.45. The lowest BCUT2D eigenvalue weighted by molar-refractivity contribution is -0.385. The van der Waals surface area contributed by atoms with Crippen LogP contribution in [0.2, 0.25) is 0 Å². The number of imidazole rings is 1. The fraction of sp³-hybridized carbons (Fsp3) is 0.0588. The first-order chi connectivity index (χ1) is 11.5. The normalized spacial score (nSPS) is 12.3. The van der Waals surface area contributed by atoms with Crippen LogP contribution in [0.3, 0.4) is 0 Å². The van der Waals surface area contributed by atoms with Gasteiger partial charge in [-0.15, -0.1) is 0 Å². The lowest BCUT2D eigenvalue weighted by Gasteiger charge is -1.97. The minimum absolute atomic E-state index is 0.0444. The number of nitro benzene ring substituents is 1. The van der Waals surface area contributed by atoms with Crippen molar-refractivity contribution < 1.29 is 4.92 Å². The van der Waals surface area contributed by atoms with Gasteiger partial charge < -0.3 is 0 Å². The highest BCUT2D eigenvalue weighted by atomic mass is 32.1. The maximum absolute atomic E-state index is 12.7. The fourth-order valence-corrected chi connectivity index (χ4v) is 3.66. The number of nitrogens with zero attached hydrogens (tertiary/aromatic N) is 3. The van der Waals surface area contributed by atoms with E-state index in [0.717, 1.165) is 11.0 Å². The third-order valence-corrected chi connectivity index (χ3v) is 4.84. The molecule has 0 aliphatic heterocycles. The molecule has 2 heterocycles. The largest absolute Gasteiger partial charge is 0.274 e. The number of hydrogen-bond donors (Lipinski definition) is 0. The van der Waals surface area contributed by atoms with Gasteiger partial charge in [0.2, 0.25) is 0 Å². The third kappa shape index (κ3) is 2.17. The van der Waals surface area contributed by atoms with Crippen molar-refractivity contribution in [1.29, 1.82) is 0 Å². The summed E-state index contributed by atoms with van der Waals surface area (Å²) in [5.41, 5.74) is 2.64. The zero-order chi connectivity index (χ0) is 16.8. The molecule has 118 valence electrons. The van der Waals surface area contributed by atoms with Crippen LogP contribution >= 0.6 is 11.3 Å². The maximum atomic E-state index is 12.7. The van der Waals surface area contributed by atoms with E-state index in [-0.39, 0.29) is 11.2 Å². The van der Waals surface area contributed by atoms with Crippen molar-refractivity contribution in [2.75, 3.05) is 0 Å². The van der Waals surface area contributed by atoms with Crippen LogP contribution in [0.5, 0.6) is 0 Å². The average Bonchev–Trinajstić information content (AvgIpc) is 3.06. The zero-order valence-corrected chi connectivity index (χ0v) is 13.4. The van der Waals surface area contributed by atoms with E-state index in [4.69, 9.17) is 0 Å². The Morgan fingerprint density at radius 3 is 2.83 bits per heavy atom. The van der Waals surface area contributed by atoms with Gasteiger partial charge in [0, 0.05) is 11.6 Å². The molecular formula is C17H11N3O3S. The molecule has 0 saturated carbocycles. The molecule has 0 spiro atoms. The Morgan fingerprint density at radius 2 is 2.04 bits per heavy atom. The Hall–Kier alpha value is -3.06. The first kappa shape index (κ1) is 14.5. The second-order valence-electron chi connectivity index (χ2n) is 5.44. The van der Waals surface area contributed by atoms with E-state index >= 15 is 0 Å². The highest BCUT2D eigenvalue weighted by Crippen LogP contribution is 2.20. The molecule has 24 heavy (non-hydrogen) atoms. The molecule has 0 saturated heterocycles. The van der Waals surface area contributed by atoms with Crippen LogP contribution in [0.25, 0.3) is 22.1 Å². The minimum Gasteiger partial charge on any atom is -0.267 e. The first-order valence-corrected chi connectivity index (χ1v) is 8.03. The summed E-state index contributed by atoms with van der Waals surface area (Å²) in [6.07, 6.45) is 1.67. The van der Waals surface area contributed by atoms with Gasteiger partial charge in [0.25, 0.3) is 11.2 Å². The van der Waals surface area contributed by atoms with Crippen LogP contribution in [0.15, 0.2) is 47.3 Å². The first-order valence-electron chi connectivity index (χ1n) is 7.21. The number of thiazole rings is 1. The number of benzene rings is 2. The number of aryl methyl sites for hydroxylation is 1. The number of fused-ring (bicyclic) bond motifs is 3. The number of aromatic nitrogens is 2. The Morgan fingerprint density at radius 1 is 1.25 bits per heavy atom. The summed E-state index contributed by atoms with van der Waals surface area (Å²) in [6, 6.07) is 12.4. The summed E-state index contributed by atoms with van der Waals surface area (Å²) in [5.74, 6) is 0. The molecule has 0 atom stereocenters. The van der Waals surface area contributed by atoms with Gasteiger partial charge in [0.1, 0.15) is 0 Å². The number of rotatable bonds is 2. The van der Waals surface area contributed by atoms with Crippen molar-refractivity contribution in [3.05, 3.63) is 78.6 Å². The lowest BCUT2D eigenvalue weighted by atomic mass is 10.1. The molecular weight excluding hydrogens is 326 g/mol. The Labute approximate surface area is 139 Å². The predicted octanol–water partition coefficient (Wildman–Crippen LogP) is 2.67. The Balaban J connectivity index is 1.95. The summed E-state index contributed by atoms with van der Waals surface area (Å²) in [4.78, 5) is 28.4. The maximum Gasteiger partial charge on any atom is 0.274 e. The molecule has 4 rings (SSSR count). The molecule has 6 nitrogen and oxygen atoms in total. The summed E-state index contributed by atoms with van der Waals surface area (Å²) >= 11 is 1.28. The van der Waals surface area contributed by atoms with Crippen LogP contribution in [-0.2, 0) is 0 Å². The highest BCUT2D eigenvalue weighted by molar-refractivity contribution is 7.15. The molecule has 0 radical (unpaired) electrons. The SMILES string of the molecule is Cc1ccc(C=c2sc3nc4ccccc4n3c2=O)cc1[N+](=O)[O-]. The van der Waals surface area contributed by atoms with E-state index < -0.39 is 4.92 Å². The molecule has 2 aromatic heterocycles. The van der Waals surface area contributed by atoms with Crippen molar-refractivity contribution in [3.8, 4) is 0 Å². The number of hydrogen-bond acceptors (Lipinski definition) is 5. The second kappa shape index (κ2) is 5.24. The van der Waals surface area contributed by atoms with Crippen LogP contribution < -0.4 is 10.1 Å². The zero-order valence-electron chi connectivity index (χ0n) is 12.6. The van der Waals surface area contributed by atoms with Gasteiger partial charge in [-0.25, -0.2) is 9.38 Å². The monoisotopic (exact) mass is 337 g/mol. The molecule has 4 aromatic rings. The smallest absolute Gasteiger partial charge is 0.267 e.